The molecule has 1 amide bonds. The molecule has 102 valence electrons. The summed E-state index contributed by atoms with van der Waals surface area (Å²) >= 11 is 0. The number of hydrogen-bond donors (Lipinski definition) is 2. The average Bonchev–Trinajstić information content (AvgIpc) is 2.40. The highest BCUT2D eigenvalue weighted by molar-refractivity contribution is 5.94. The van der Waals surface area contributed by atoms with Gasteiger partial charge in [-0.1, -0.05) is 6.08 Å². The molecule has 1 aliphatic heterocycles. The van der Waals surface area contributed by atoms with Gasteiger partial charge in [0.15, 0.2) is 0 Å². The maximum Gasteiger partial charge on any atom is 0.253 e. The Labute approximate surface area is 113 Å². The Hall–Kier alpha value is -1.81. The second-order valence-corrected chi connectivity index (χ2v) is 5.13. The van der Waals surface area contributed by atoms with Crippen molar-refractivity contribution in [3.8, 4) is 0 Å². The zero-order valence-electron chi connectivity index (χ0n) is 11.0. The second-order valence-electron chi connectivity index (χ2n) is 5.13. The van der Waals surface area contributed by atoms with Crippen molar-refractivity contribution in [2.45, 2.75) is 24.9 Å². The molecule has 3 N–H and O–H groups in total. The number of amides is 1. The lowest BCUT2D eigenvalue weighted by Gasteiger charge is -2.37. The SMILES string of the molecule is C=CCC1(O)CCN(C(=O)c2ccc(N)cc2)CC1. The highest BCUT2D eigenvalue weighted by Crippen LogP contribution is 2.26. The van der Waals surface area contributed by atoms with E-state index < -0.39 is 5.60 Å². The topological polar surface area (TPSA) is 66.6 Å². The third kappa shape index (κ3) is 3.15. The third-order valence-corrected chi connectivity index (χ3v) is 3.66. The van der Waals surface area contributed by atoms with E-state index in [-0.39, 0.29) is 5.91 Å². The molecule has 0 aromatic heterocycles. The van der Waals surface area contributed by atoms with E-state index in [1.807, 2.05) is 0 Å². The number of carbonyl (C=O) groups excluding carboxylic acids is 1. The molecule has 19 heavy (non-hydrogen) atoms. The molecule has 0 saturated carbocycles. The van der Waals surface area contributed by atoms with Crippen molar-refractivity contribution in [3.63, 3.8) is 0 Å². The van der Waals surface area contributed by atoms with Gasteiger partial charge in [-0.15, -0.1) is 6.58 Å². The van der Waals surface area contributed by atoms with Crippen molar-refractivity contribution in [3.05, 3.63) is 42.5 Å². The van der Waals surface area contributed by atoms with E-state index in [0.29, 0.717) is 43.6 Å². The van der Waals surface area contributed by atoms with Gasteiger partial charge in [0, 0.05) is 24.3 Å². The first-order valence-corrected chi connectivity index (χ1v) is 6.52. The van der Waals surface area contributed by atoms with Gasteiger partial charge in [-0.05, 0) is 43.5 Å². The molecule has 1 saturated heterocycles. The van der Waals surface area contributed by atoms with Crippen molar-refractivity contribution < 1.29 is 9.90 Å². The van der Waals surface area contributed by atoms with Crippen LogP contribution in [0.5, 0.6) is 0 Å². The van der Waals surface area contributed by atoms with Gasteiger partial charge >= 0.3 is 0 Å². The number of nitrogen functional groups attached to an aromatic ring is 1. The van der Waals surface area contributed by atoms with E-state index in [1.54, 1.807) is 35.2 Å². The van der Waals surface area contributed by atoms with Crippen molar-refractivity contribution in [2.24, 2.45) is 0 Å². The Bertz CT molecular complexity index is 460. The number of benzene rings is 1. The molecule has 4 heteroatoms. The molecule has 0 aliphatic carbocycles. The Morgan fingerprint density at radius 3 is 2.47 bits per heavy atom. The largest absolute Gasteiger partial charge is 0.399 e. The number of piperidine rings is 1. The second kappa shape index (κ2) is 5.45. The van der Waals surface area contributed by atoms with Crippen molar-refractivity contribution >= 4 is 11.6 Å². The molecule has 0 unspecified atom stereocenters. The monoisotopic (exact) mass is 260 g/mol. The molecule has 0 bridgehead atoms. The number of nitrogens with zero attached hydrogens (tertiary/aromatic N) is 1. The summed E-state index contributed by atoms with van der Waals surface area (Å²) in [4.78, 5) is 14.0. The van der Waals surface area contributed by atoms with Crippen LogP contribution in [-0.4, -0.2) is 34.6 Å². The lowest BCUT2D eigenvalue weighted by atomic mass is 9.88. The molecular weight excluding hydrogens is 240 g/mol. The maximum absolute atomic E-state index is 12.3. The maximum atomic E-state index is 12.3. The van der Waals surface area contributed by atoms with Crippen molar-refractivity contribution in [2.75, 3.05) is 18.8 Å². The van der Waals surface area contributed by atoms with E-state index in [2.05, 4.69) is 6.58 Å². The van der Waals surface area contributed by atoms with Crippen LogP contribution in [-0.2, 0) is 0 Å². The molecule has 1 aromatic carbocycles. The smallest absolute Gasteiger partial charge is 0.253 e. The van der Waals surface area contributed by atoms with E-state index >= 15 is 0 Å². The van der Waals surface area contributed by atoms with Crippen LogP contribution < -0.4 is 5.73 Å². The summed E-state index contributed by atoms with van der Waals surface area (Å²) in [6, 6.07) is 6.93. The molecule has 2 rings (SSSR count). The van der Waals surface area contributed by atoms with E-state index in [9.17, 15) is 9.90 Å². The van der Waals surface area contributed by atoms with Gasteiger partial charge in [-0.25, -0.2) is 0 Å². The summed E-state index contributed by atoms with van der Waals surface area (Å²) in [6.07, 6.45) is 3.51. The lowest BCUT2D eigenvalue weighted by Crippen LogP contribution is -2.46. The van der Waals surface area contributed by atoms with Crippen LogP contribution in [0.4, 0.5) is 5.69 Å². The van der Waals surface area contributed by atoms with Crippen molar-refractivity contribution in [1.82, 2.24) is 4.90 Å². The minimum absolute atomic E-state index is 0.000605. The van der Waals surface area contributed by atoms with Crippen LogP contribution in [0.1, 0.15) is 29.6 Å². The zero-order chi connectivity index (χ0) is 13.9. The number of anilines is 1. The Kier molecular flexibility index (Phi) is 3.90. The number of nitrogens with two attached hydrogens (primary N) is 1. The highest BCUT2D eigenvalue weighted by Gasteiger charge is 2.32. The highest BCUT2D eigenvalue weighted by atomic mass is 16.3. The molecule has 1 fully saturated rings. The Balaban J connectivity index is 1.99. The first-order chi connectivity index (χ1) is 9.04. The molecule has 4 nitrogen and oxygen atoms in total. The van der Waals surface area contributed by atoms with Crippen LogP contribution in [0.15, 0.2) is 36.9 Å². The summed E-state index contributed by atoms with van der Waals surface area (Å²) in [5.41, 5.74) is 6.20. The predicted octanol–water partition coefficient (Wildman–Crippen LogP) is 1.81. The third-order valence-electron chi connectivity index (χ3n) is 3.66. The van der Waals surface area contributed by atoms with Crippen LogP contribution in [0.25, 0.3) is 0 Å². The summed E-state index contributed by atoms with van der Waals surface area (Å²) in [7, 11) is 0. The summed E-state index contributed by atoms with van der Waals surface area (Å²) in [5, 5.41) is 10.3. The number of aliphatic hydroxyl groups is 1. The number of carbonyl (C=O) groups is 1. The van der Waals surface area contributed by atoms with Crippen LogP contribution >= 0.6 is 0 Å². The number of rotatable bonds is 3. The molecule has 1 heterocycles. The predicted molar refractivity (Wildman–Crippen MR) is 75.8 cm³/mol. The van der Waals surface area contributed by atoms with Gasteiger partial charge in [0.2, 0.25) is 0 Å². The van der Waals surface area contributed by atoms with Crippen LogP contribution in [0.2, 0.25) is 0 Å². The lowest BCUT2D eigenvalue weighted by molar-refractivity contribution is -0.0142. The van der Waals surface area contributed by atoms with E-state index in [4.69, 9.17) is 5.73 Å². The Morgan fingerprint density at radius 1 is 1.37 bits per heavy atom. The fourth-order valence-corrected chi connectivity index (χ4v) is 2.41. The number of hydrogen-bond acceptors (Lipinski definition) is 3. The average molecular weight is 260 g/mol. The summed E-state index contributed by atoms with van der Waals surface area (Å²) in [5.74, 6) is 0.000605. The van der Waals surface area contributed by atoms with E-state index in [0.717, 1.165) is 0 Å². The first kappa shape index (κ1) is 13.6. The molecule has 1 aliphatic rings. The molecule has 1 aromatic rings. The van der Waals surface area contributed by atoms with Crippen molar-refractivity contribution in [1.29, 1.82) is 0 Å². The van der Waals surface area contributed by atoms with Crippen LogP contribution in [0, 0.1) is 0 Å². The first-order valence-electron chi connectivity index (χ1n) is 6.52. The van der Waals surface area contributed by atoms with Gasteiger partial charge in [-0.3, -0.25) is 4.79 Å². The molecule has 0 radical (unpaired) electrons. The normalized spacial score (nSPS) is 18.1. The number of likely N-dealkylation sites (tertiary alicyclic amines) is 1. The fraction of sp³-hybridized carbons (Fsp3) is 0.400. The summed E-state index contributed by atoms with van der Waals surface area (Å²) < 4.78 is 0. The quantitative estimate of drug-likeness (QED) is 0.643. The fourth-order valence-electron chi connectivity index (χ4n) is 2.41. The van der Waals surface area contributed by atoms with Gasteiger partial charge in [-0.2, -0.15) is 0 Å². The minimum atomic E-state index is -0.695. The zero-order valence-corrected chi connectivity index (χ0v) is 11.0. The van der Waals surface area contributed by atoms with Gasteiger partial charge in [0.1, 0.15) is 0 Å². The van der Waals surface area contributed by atoms with Gasteiger partial charge in [0.05, 0.1) is 5.60 Å². The Morgan fingerprint density at radius 2 is 1.95 bits per heavy atom. The molecule has 0 spiro atoms. The standard InChI is InChI=1S/C15H20N2O2/c1-2-7-15(19)8-10-17(11-9-15)14(18)12-3-5-13(16)6-4-12/h2-6,19H,1,7-11,16H2. The van der Waals surface area contributed by atoms with Crippen LogP contribution in [0.3, 0.4) is 0 Å². The van der Waals surface area contributed by atoms with Gasteiger partial charge in [0.25, 0.3) is 5.91 Å². The van der Waals surface area contributed by atoms with Gasteiger partial charge < -0.3 is 15.7 Å². The molecule has 0 atom stereocenters. The molecular formula is C15H20N2O2. The van der Waals surface area contributed by atoms with E-state index in [1.165, 1.54) is 0 Å². The summed E-state index contributed by atoms with van der Waals surface area (Å²) in [6.45, 7) is 4.81. The minimum Gasteiger partial charge on any atom is -0.399 e.